The van der Waals surface area contributed by atoms with Crippen LogP contribution in [-0.4, -0.2) is 33.5 Å². The van der Waals surface area contributed by atoms with Gasteiger partial charge in [0.15, 0.2) is 0 Å². The molecule has 0 rings (SSSR count). The molecule has 0 saturated heterocycles. The van der Waals surface area contributed by atoms with Gasteiger partial charge in [-0.05, 0) is 44.9 Å². The van der Waals surface area contributed by atoms with Crippen molar-refractivity contribution in [3.63, 3.8) is 0 Å². The van der Waals surface area contributed by atoms with Crippen LogP contribution >= 0.6 is 0 Å². The van der Waals surface area contributed by atoms with Crippen molar-refractivity contribution in [2.75, 3.05) is 0 Å². The highest BCUT2D eigenvalue weighted by Crippen LogP contribution is 2.06. The zero-order valence-electron chi connectivity index (χ0n) is 15.8. The number of allylic oxidation sites excluding steroid dienone is 8. The van der Waals surface area contributed by atoms with Crippen molar-refractivity contribution in [2.45, 2.75) is 70.5 Å². The minimum atomic E-state index is -0.838. The minimum Gasteiger partial charge on any atom is -0.481 e. The molecule has 0 amide bonds. The summed E-state index contributed by atoms with van der Waals surface area (Å²) in [5.74, 6) is -0.838. The van der Waals surface area contributed by atoms with Gasteiger partial charge in [0.1, 0.15) is 0 Å². The molecule has 0 aromatic rings. The fraction of sp³-hybridized carbons (Fsp3) is 0.500. The molecule has 3 N–H and O–H groups in total. The molecular weight excluding hydrogens is 328 g/mol. The van der Waals surface area contributed by atoms with Crippen LogP contribution < -0.4 is 0 Å². The lowest BCUT2D eigenvalue weighted by Gasteiger charge is -2.14. The van der Waals surface area contributed by atoms with Crippen LogP contribution in [0.15, 0.2) is 60.8 Å². The van der Waals surface area contributed by atoms with Crippen LogP contribution in [0.4, 0.5) is 0 Å². The first-order valence-electron chi connectivity index (χ1n) is 9.40. The highest BCUT2D eigenvalue weighted by Gasteiger charge is 2.12. The monoisotopic (exact) mass is 362 g/mol. The van der Waals surface area contributed by atoms with Crippen molar-refractivity contribution >= 4 is 5.97 Å². The molecule has 4 nitrogen and oxygen atoms in total. The molecule has 4 heteroatoms. The number of rotatable bonds is 15. The maximum absolute atomic E-state index is 10.4. The summed E-state index contributed by atoms with van der Waals surface area (Å²) in [6.45, 7) is 2.12. The van der Waals surface area contributed by atoms with Gasteiger partial charge in [-0.15, -0.1) is 0 Å². The van der Waals surface area contributed by atoms with Crippen molar-refractivity contribution < 1.29 is 20.1 Å². The number of carboxylic acids is 1. The predicted octanol–water partition coefficient (Wildman–Crippen LogP) is 4.71. The molecule has 0 heterocycles. The first kappa shape index (κ1) is 24.1. The van der Waals surface area contributed by atoms with E-state index >= 15 is 0 Å². The Morgan fingerprint density at radius 3 is 1.62 bits per heavy atom. The smallest absolute Gasteiger partial charge is 0.303 e. The first-order chi connectivity index (χ1) is 12.6. The summed E-state index contributed by atoms with van der Waals surface area (Å²) in [7, 11) is 0. The third kappa shape index (κ3) is 16.9. The van der Waals surface area contributed by atoms with Gasteiger partial charge >= 0.3 is 5.97 Å². The molecule has 0 aliphatic carbocycles. The Kier molecular flexibility index (Phi) is 16.6. The van der Waals surface area contributed by atoms with Crippen molar-refractivity contribution in [1.82, 2.24) is 0 Å². The normalized spacial score (nSPS) is 15.2. The molecule has 0 radical (unpaired) electrons. The van der Waals surface area contributed by atoms with Crippen LogP contribution in [-0.2, 0) is 4.79 Å². The highest BCUT2D eigenvalue weighted by molar-refractivity contribution is 5.66. The summed E-state index contributed by atoms with van der Waals surface area (Å²) in [5, 5.41) is 28.2. The van der Waals surface area contributed by atoms with E-state index in [1.807, 2.05) is 12.2 Å². The molecule has 0 aliphatic rings. The van der Waals surface area contributed by atoms with Crippen LogP contribution in [0.2, 0.25) is 0 Å². The lowest BCUT2D eigenvalue weighted by Crippen LogP contribution is -2.24. The lowest BCUT2D eigenvalue weighted by molar-refractivity contribution is -0.136. The van der Waals surface area contributed by atoms with Gasteiger partial charge in [-0.1, -0.05) is 67.7 Å². The van der Waals surface area contributed by atoms with E-state index < -0.39 is 18.2 Å². The zero-order chi connectivity index (χ0) is 19.5. The first-order valence-corrected chi connectivity index (χ1v) is 9.40. The van der Waals surface area contributed by atoms with Crippen molar-refractivity contribution in [3.05, 3.63) is 60.8 Å². The largest absolute Gasteiger partial charge is 0.481 e. The van der Waals surface area contributed by atoms with E-state index in [4.69, 9.17) is 5.11 Å². The summed E-state index contributed by atoms with van der Waals surface area (Å²) in [5.41, 5.74) is 0. The van der Waals surface area contributed by atoms with Crippen LogP contribution in [0.5, 0.6) is 0 Å². The number of aliphatic carboxylic acids is 1. The van der Waals surface area contributed by atoms with Gasteiger partial charge in [-0.2, -0.15) is 0 Å². The van der Waals surface area contributed by atoms with Gasteiger partial charge in [0.2, 0.25) is 0 Å². The van der Waals surface area contributed by atoms with Crippen molar-refractivity contribution in [1.29, 1.82) is 0 Å². The zero-order valence-corrected chi connectivity index (χ0v) is 15.8. The van der Waals surface area contributed by atoms with Gasteiger partial charge in [0, 0.05) is 6.42 Å². The molecule has 0 aliphatic heterocycles. The summed E-state index contributed by atoms with van der Waals surface area (Å²) < 4.78 is 0. The van der Waals surface area contributed by atoms with Gasteiger partial charge in [0.25, 0.3) is 0 Å². The topological polar surface area (TPSA) is 77.8 Å². The quantitative estimate of drug-likeness (QED) is 0.369. The maximum Gasteiger partial charge on any atom is 0.303 e. The Morgan fingerprint density at radius 1 is 0.731 bits per heavy atom. The molecule has 0 unspecified atom stereocenters. The molecule has 2 atom stereocenters. The van der Waals surface area contributed by atoms with Crippen LogP contribution in [0.25, 0.3) is 0 Å². The third-order valence-electron chi connectivity index (χ3n) is 3.61. The van der Waals surface area contributed by atoms with Crippen molar-refractivity contribution in [2.24, 2.45) is 0 Å². The molecule has 0 aromatic heterocycles. The molecule has 0 bridgehead atoms. The standard InChI is InChI=1S/C22H34O4/c1-2-3-4-5-6-7-8-9-10-11-12-14-17-20(23)21(24)18-15-13-16-19-22(25)26/h3-4,6-7,9-10,12-15,20-21,23-24H,2,5,8,11,16-19H2,1H3,(H,25,26)/b4-3-,7-6-,10-9-,14-12-,15-13-/t20-,21+/m1/s1. The summed E-state index contributed by atoms with van der Waals surface area (Å²) in [6.07, 6.45) is 23.5. The number of hydrogen-bond donors (Lipinski definition) is 3. The van der Waals surface area contributed by atoms with Gasteiger partial charge in [-0.25, -0.2) is 0 Å². The third-order valence-corrected chi connectivity index (χ3v) is 3.61. The van der Waals surface area contributed by atoms with E-state index in [-0.39, 0.29) is 6.42 Å². The Balaban J connectivity index is 3.77. The van der Waals surface area contributed by atoms with E-state index in [1.54, 1.807) is 12.2 Å². The molecular formula is C22H34O4. The summed E-state index contributed by atoms with van der Waals surface area (Å²) >= 11 is 0. The lowest BCUT2D eigenvalue weighted by atomic mass is 10.1. The molecule has 0 spiro atoms. The van der Waals surface area contributed by atoms with Crippen LogP contribution in [0.1, 0.15) is 58.3 Å². The van der Waals surface area contributed by atoms with E-state index in [2.05, 4.69) is 43.4 Å². The summed E-state index contributed by atoms with van der Waals surface area (Å²) in [6, 6.07) is 0. The number of aliphatic hydroxyl groups is 2. The Bertz CT molecular complexity index is 486. The van der Waals surface area contributed by atoms with Crippen molar-refractivity contribution in [3.8, 4) is 0 Å². The average Bonchev–Trinajstić information content (AvgIpc) is 2.61. The Labute approximate surface area is 157 Å². The Hall–Kier alpha value is -1.91. The second-order valence-electron chi connectivity index (χ2n) is 6.01. The van der Waals surface area contributed by atoms with E-state index in [0.29, 0.717) is 19.3 Å². The number of aliphatic hydroxyl groups excluding tert-OH is 2. The number of carboxylic acid groups (broad SMARTS) is 1. The fourth-order valence-electron chi connectivity index (χ4n) is 2.09. The molecule has 26 heavy (non-hydrogen) atoms. The van der Waals surface area contributed by atoms with Crippen LogP contribution in [0.3, 0.4) is 0 Å². The second kappa shape index (κ2) is 17.9. The highest BCUT2D eigenvalue weighted by atomic mass is 16.4. The van der Waals surface area contributed by atoms with Gasteiger partial charge in [0.05, 0.1) is 12.2 Å². The van der Waals surface area contributed by atoms with E-state index in [0.717, 1.165) is 25.7 Å². The molecule has 0 saturated carbocycles. The molecule has 146 valence electrons. The predicted molar refractivity (Wildman–Crippen MR) is 108 cm³/mol. The molecule has 0 aromatic carbocycles. The van der Waals surface area contributed by atoms with E-state index in [1.165, 1.54) is 0 Å². The Morgan fingerprint density at radius 2 is 1.15 bits per heavy atom. The van der Waals surface area contributed by atoms with Gasteiger partial charge in [-0.3, -0.25) is 4.79 Å². The average molecular weight is 363 g/mol. The summed E-state index contributed by atoms with van der Waals surface area (Å²) in [4.78, 5) is 10.4. The second-order valence-corrected chi connectivity index (χ2v) is 6.01. The maximum atomic E-state index is 10.4. The molecule has 0 fully saturated rings. The fourth-order valence-corrected chi connectivity index (χ4v) is 2.09. The van der Waals surface area contributed by atoms with Crippen LogP contribution in [0, 0.1) is 0 Å². The number of hydrogen-bond acceptors (Lipinski definition) is 3. The number of carbonyl (C=O) groups is 1. The SMILES string of the molecule is CC/C=C\C/C=C\C/C=C\C/C=C\C[C@@H](O)[C@@H](O)C/C=C\CCC(=O)O. The van der Waals surface area contributed by atoms with E-state index in [9.17, 15) is 15.0 Å². The minimum absolute atomic E-state index is 0.0805. The van der Waals surface area contributed by atoms with Gasteiger partial charge < -0.3 is 15.3 Å².